The van der Waals surface area contributed by atoms with Gasteiger partial charge in [0.2, 0.25) is 0 Å². The Morgan fingerprint density at radius 2 is 2.22 bits per heavy atom. The minimum absolute atomic E-state index is 0.142. The largest absolute Gasteiger partial charge is 0.334 e. The van der Waals surface area contributed by atoms with Gasteiger partial charge in [-0.2, -0.15) is 0 Å². The number of hydrogen-bond acceptors (Lipinski definition) is 3. The predicted molar refractivity (Wildman–Crippen MR) is 69.1 cm³/mol. The maximum Gasteiger partial charge on any atom is 0.321 e. The van der Waals surface area contributed by atoms with E-state index >= 15 is 0 Å². The molecule has 0 saturated heterocycles. The molecule has 18 heavy (non-hydrogen) atoms. The van der Waals surface area contributed by atoms with Crippen molar-refractivity contribution in [3.05, 3.63) is 46.7 Å². The number of benzene rings is 1. The number of aromatic nitrogens is 1. The fourth-order valence-electron chi connectivity index (χ4n) is 1.37. The Bertz CT molecular complexity index is 556. The maximum atomic E-state index is 13.3. The van der Waals surface area contributed by atoms with E-state index in [2.05, 4.69) is 15.6 Å². The van der Waals surface area contributed by atoms with Gasteiger partial charge in [-0.05, 0) is 13.0 Å². The summed E-state index contributed by atoms with van der Waals surface area (Å²) in [4.78, 5) is 15.6. The molecule has 0 bridgehead atoms. The number of aryl methyl sites for hydroxylation is 1. The van der Waals surface area contributed by atoms with Crippen LogP contribution in [0.2, 0.25) is 0 Å². The molecule has 1 heterocycles. The Balaban J connectivity index is 1.87. The van der Waals surface area contributed by atoms with Gasteiger partial charge in [-0.25, -0.2) is 14.2 Å². The molecule has 0 aliphatic heterocycles. The van der Waals surface area contributed by atoms with E-state index in [0.29, 0.717) is 10.7 Å². The fraction of sp³-hybridized carbons (Fsp3) is 0.167. The Kier molecular flexibility index (Phi) is 3.88. The minimum Gasteiger partial charge on any atom is -0.334 e. The quantitative estimate of drug-likeness (QED) is 0.896. The van der Waals surface area contributed by atoms with Crippen LogP contribution in [0.1, 0.15) is 11.3 Å². The first-order chi connectivity index (χ1) is 8.65. The van der Waals surface area contributed by atoms with E-state index in [0.717, 1.165) is 5.69 Å². The lowest BCUT2D eigenvalue weighted by Gasteiger charge is -2.06. The third kappa shape index (κ3) is 3.27. The van der Waals surface area contributed by atoms with E-state index in [9.17, 15) is 9.18 Å². The lowest BCUT2D eigenvalue weighted by atomic mass is 10.2. The molecule has 1 aromatic heterocycles. The number of urea groups is 1. The normalized spacial score (nSPS) is 10.1. The summed E-state index contributed by atoms with van der Waals surface area (Å²) >= 11 is 1.35. The smallest absolute Gasteiger partial charge is 0.321 e. The molecule has 0 aliphatic rings. The summed E-state index contributed by atoms with van der Waals surface area (Å²) in [6.07, 6.45) is 0. The molecule has 0 fully saturated rings. The average molecular weight is 265 g/mol. The van der Waals surface area contributed by atoms with Crippen molar-refractivity contribution in [1.82, 2.24) is 10.3 Å². The fourth-order valence-corrected chi connectivity index (χ4v) is 2.05. The molecule has 6 heteroatoms. The van der Waals surface area contributed by atoms with Crippen molar-refractivity contribution in [2.24, 2.45) is 0 Å². The van der Waals surface area contributed by atoms with Crippen LogP contribution in [0.4, 0.5) is 14.3 Å². The first-order valence-corrected chi connectivity index (χ1v) is 6.23. The van der Waals surface area contributed by atoms with Gasteiger partial charge in [0.1, 0.15) is 5.82 Å². The Morgan fingerprint density at radius 3 is 2.89 bits per heavy atom. The van der Waals surface area contributed by atoms with Gasteiger partial charge in [-0.15, -0.1) is 11.3 Å². The number of carbonyl (C=O) groups excluding carboxylic acids is 1. The maximum absolute atomic E-state index is 13.3. The van der Waals surface area contributed by atoms with Crippen LogP contribution in [0.15, 0.2) is 29.6 Å². The molecule has 94 valence electrons. The Morgan fingerprint density at radius 1 is 1.44 bits per heavy atom. The SMILES string of the molecule is Cc1csc(NC(=O)NCc2ccccc2F)n1. The van der Waals surface area contributed by atoms with E-state index in [1.165, 1.54) is 17.4 Å². The van der Waals surface area contributed by atoms with E-state index < -0.39 is 6.03 Å². The molecule has 0 radical (unpaired) electrons. The molecule has 0 unspecified atom stereocenters. The molecule has 2 aromatic rings. The van der Waals surface area contributed by atoms with Gasteiger partial charge >= 0.3 is 6.03 Å². The Hall–Kier alpha value is -1.95. The number of halogens is 1. The van der Waals surface area contributed by atoms with E-state index in [4.69, 9.17) is 0 Å². The number of nitrogens with zero attached hydrogens (tertiary/aromatic N) is 1. The number of carbonyl (C=O) groups is 1. The van der Waals surface area contributed by atoms with Crippen LogP contribution >= 0.6 is 11.3 Å². The number of anilines is 1. The van der Waals surface area contributed by atoms with Gasteiger partial charge in [0.05, 0.1) is 5.69 Å². The van der Waals surface area contributed by atoms with E-state index in [1.807, 2.05) is 12.3 Å². The van der Waals surface area contributed by atoms with Gasteiger partial charge in [0.25, 0.3) is 0 Å². The van der Waals surface area contributed by atoms with E-state index in [1.54, 1.807) is 18.2 Å². The van der Waals surface area contributed by atoms with E-state index in [-0.39, 0.29) is 12.4 Å². The highest BCUT2D eigenvalue weighted by molar-refractivity contribution is 7.13. The van der Waals surface area contributed by atoms with Gasteiger partial charge in [-0.3, -0.25) is 5.32 Å². The van der Waals surface area contributed by atoms with Crippen molar-refractivity contribution in [1.29, 1.82) is 0 Å². The molecule has 0 spiro atoms. The lowest BCUT2D eigenvalue weighted by molar-refractivity contribution is 0.251. The summed E-state index contributed by atoms with van der Waals surface area (Å²) in [5.74, 6) is -0.331. The standard InChI is InChI=1S/C12H12FN3OS/c1-8-7-18-12(15-8)16-11(17)14-6-9-4-2-3-5-10(9)13/h2-5,7H,6H2,1H3,(H2,14,15,16,17). The van der Waals surface area contributed by atoms with Crippen molar-refractivity contribution in [3.8, 4) is 0 Å². The summed E-state index contributed by atoms with van der Waals surface area (Å²) < 4.78 is 13.3. The zero-order chi connectivity index (χ0) is 13.0. The third-order valence-electron chi connectivity index (χ3n) is 2.24. The second kappa shape index (κ2) is 5.59. The van der Waals surface area contributed by atoms with Crippen molar-refractivity contribution in [2.75, 3.05) is 5.32 Å². The molecular weight excluding hydrogens is 253 g/mol. The highest BCUT2D eigenvalue weighted by Gasteiger charge is 2.06. The van der Waals surface area contributed by atoms with Gasteiger partial charge in [-0.1, -0.05) is 18.2 Å². The molecule has 2 rings (SSSR count). The molecule has 0 atom stereocenters. The zero-order valence-corrected chi connectivity index (χ0v) is 10.6. The molecule has 4 nitrogen and oxygen atoms in total. The first kappa shape index (κ1) is 12.5. The van der Waals surface area contributed by atoms with Crippen molar-refractivity contribution in [3.63, 3.8) is 0 Å². The highest BCUT2D eigenvalue weighted by Crippen LogP contribution is 2.14. The molecule has 0 saturated carbocycles. The van der Waals surface area contributed by atoms with Gasteiger partial charge in [0.15, 0.2) is 5.13 Å². The van der Waals surface area contributed by atoms with Crippen LogP contribution in [0.3, 0.4) is 0 Å². The molecule has 0 aliphatic carbocycles. The molecule has 2 amide bonds. The molecule has 1 aromatic carbocycles. The van der Waals surface area contributed by atoms with Crippen molar-refractivity contribution >= 4 is 22.5 Å². The van der Waals surface area contributed by atoms with Crippen LogP contribution in [-0.2, 0) is 6.54 Å². The number of rotatable bonds is 3. The topological polar surface area (TPSA) is 54.0 Å². The van der Waals surface area contributed by atoms with Crippen LogP contribution in [0.5, 0.6) is 0 Å². The minimum atomic E-state index is -0.396. The number of thiazole rings is 1. The summed E-state index contributed by atoms with van der Waals surface area (Å²) in [5, 5.41) is 7.53. The lowest BCUT2D eigenvalue weighted by Crippen LogP contribution is -2.28. The average Bonchev–Trinajstić information content (AvgIpc) is 2.74. The van der Waals surface area contributed by atoms with Crippen LogP contribution in [-0.4, -0.2) is 11.0 Å². The number of amides is 2. The van der Waals surface area contributed by atoms with Crippen molar-refractivity contribution < 1.29 is 9.18 Å². The third-order valence-corrected chi connectivity index (χ3v) is 3.11. The summed E-state index contributed by atoms with van der Waals surface area (Å²) in [6, 6.07) is 5.93. The van der Waals surface area contributed by atoms with Crippen LogP contribution in [0, 0.1) is 12.7 Å². The van der Waals surface area contributed by atoms with Crippen LogP contribution in [0.25, 0.3) is 0 Å². The highest BCUT2D eigenvalue weighted by atomic mass is 32.1. The second-order valence-electron chi connectivity index (χ2n) is 3.69. The van der Waals surface area contributed by atoms with Crippen molar-refractivity contribution in [2.45, 2.75) is 13.5 Å². The van der Waals surface area contributed by atoms with Crippen LogP contribution < -0.4 is 10.6 Å². The van der Waals surface area contributed by atoms with Gasteiger partial charge < -0.3 is 5.32 Å². The summed E-state index contributed by atoms with van der Waals surface area (Å²) in [6.45, 7) is 1.99. The number of nitrogens with one attached hydrogen (secondary N) is 2. The number of hydrogen-bond donors (Lipinski definition) is 2. The first-order valence-electron chi connectivity index (χ1n) is 5.35. The monoisotopic (exact) mass is 265 g/mol. The molecular formula is C12H12FN3OS. The zero-order valence-electron chi connectivity index (χ0n) is 9.74. The summed E-state index contributed by atoms with van der Waals surface area (Å²) in [7, 11) is 0. The predicted octanol–water partition coefficient (Wildman–Crippen LogP) is 2.91. The Labute approximate surface area is 108 Å². The summed E-state index contributed by atoms with van der Waals surface area (Å²) in [5.41, 5.74) is 1.30. The van der Waals surface area contributed by atoms with Gasteiger partial charge in [0, 0.05) is 17.5 Å². The second-order valence-corrected chi connectivity index (χ2v) is 4.55. The molecule has 2 N–H and O–H groups in total.